The zero-order chi connectivity index (χ0) is 18.5. The van der Waals surface area contributed by atoms with E-state index >= 15 is 0 Å². The summed E-state index contributed by atoms with van der Waals surface area (Å²) in [6.45, 7) is 1.84. The Labute approximate surface area is 152 Å². The van der Waals surface area contributed by atoms with Gasteiger partial charge in [-0.05, 0) is 35.9 Å². The topological polar surface area (TPSA) is 63.6 Å². The zero-order valence-corrected chi connectivity index (χ0v) is 14.5. The van der Waals surface area contributed by atoms with E-state index in [0.29, 0.717) is 17.7 Å². The van der Waals surface area contributed by atoms with E-state index in [2.05, 4.69) is 0 Å². The van der Waals surface area contributed by atoms with E-state index < -0.39 is 6.10 Å². The third-order valence-electron chi connectivity index (χ3n) is 4.36. The van der Waals surface area contributed by atoms with Crippen LogP contribution in [0.5, 0.6) is 11.5 Å². The summed E-state index contributed by atoms with van der Waals surface area (Å²) in [5, 5.41) is 9.32. The molecule has 0 radical (unpaired) electrons. The predicted octanol–water partition coefficient (Wildman–Crippen LogP) is 3.97. The molecule has 26 heavy (non-hydrogen) atoms. The summed E-state index contributed by atoms with van der Waals surface area (Å²) in [4.78, 5) is 25.3. The fourth-order valence-electron chi connectivity index (χ4n) is 2.82. The molecule has 1 N–H and O–H groups in total. The molecule has 1 aliphatic carbocycles. The lowest BCUT2D eigenvalue weighted by atomic mass is 9.92. The SMILES string of the molecule is CC(C(=O)C1=CC(=O)C(Oc2ccc(O)cc2)CC=C1)c1ccccc1. The molecule has 0 aromatic heterocycles. The van der Waals surface area contributed by atoms with E-state index in [0.717, 1.165) is 5.56 Å². The van der Waals surface area contributed by atoms with Gasteiger partial charge in [0.1, 0.15) is 11.5 Å². The molecule has 0 spiro atoms. The van der Waals surface area contributed by atoms with Crippen LogP contribution in [0, 0.1) is 0 Å². The largest absolute Gasteiger partial charge is 0.508 e. The monoisotopic (exact) mass is 348 g/mol. The molecule has 0 saturated carbocycles. The molecule has 2 aromatic rings. The zero-order valence-electron chi connectivity index (χ0n) is 14.5. The van der Waals surface area contributed by atoms with Gasteiger partial charge in [0.25, 0.3) is 0 Å². The molecule has 4 heteroatoms. The van der Waals surface area contributed by atoms with Gasteiger partial charge in [-0.25, -0.2) is 0 Å². The molecular formula is C22H20O4. The average Bonchev–Trinajstić information content (AvgIpc) is 2.85. The maximum atomic E-state index is 12.8. The number of hydrogen-bond donors (Lipinski definition) is 1. The molecule has 2 aromatic carbocycles. The lowest BCUT2D eigenvalue weighted by Crippen LogP contribution is -2.25. The maximum absolute atomic E-state index is 12.8. The fraction of sp³-hybridized carbons (Fsp3) is 0.182. The quantitative estimate of drug-likeness (QED) is 0.888. The number of benzene rings is 2. The number of allylic oxidation sites excluding steroid dienone is 2. The van der Waals surface area contributed by atoms with E-state index in [1.54, 1.807) is 24.3 Å². The number of ether oxygens (including phenoxy) is 1. The number of carbonyl (C=O) groups excluding carboxylic acids is 2. The van der Waals surface area contributed by atoms with Crippen molar-refractivity contribution in [2.45, 2.75) is 25.4 Å². The van der Waals surface area contributed by atoms with Crippen molar-refractivity contribution in [2.75, 3.05) is 0 Å². The van der Waals surface area contributed by atoms with Crippen LogP contribution in [0.25, 0.3) is 0 Å². The summed E-state index contributed by atoms with van der Waals surface area (Å²) in [6.07, 6.45) is 4.55. The van der Waals surface area contributed by atoms with Crippen molar-refractivity contribution in [1.82, 2.24) is 0 Å². The Bertz CT molecular complexity index is 847. The summed E-state index contributed by atoms with van der Waals surface area (Å²) < 4.78 is 5.71. The highest BCUT2D eigenvalue weighted by Crippen LogP contribution is 2.24. The second-order valence-electron chi connectivity index (χ2n) is 6.24. The van der Waals surface area contributed by atoms with Crippen LogP contribution in [0.4, 0.5) is 0 Å². The van der Waals surface area contributed by atoms with Crippen LogP contribution in [0.15, 0.2) is 78.4 Å². The van der Waals surface area contributed by atoms with E-state index in [1.807, 2.05) is 37.3 Å². The van der Waals surface area contributed by atoms with Crippen LogP contribution in [0.1, 0.15) is 24.8 Å². The highest BCUT2D eigenvalue weighted by atomic mass is 16.5. The van der Waals surface area contributed by atoms with E-state index in [-0.39, 0.29) is 23.2 Å². The molecule has 4 nitrogen and oxygen atoms in total. The van der Waals surface area contributed by atoms with Crippen molar-refractivity contribution in [3.63, 3.8) is 0 Å². The number of phenolic OH excluding ortho intramolecular Hbond substituents is 1. The summed E-state index contributed by atoms with van der Waals surface area (Å²) in [5.41, 5.74) is 1.31. The Morgan fingerprint density at radius 2 is 1.81 bits per heavy atom. The van der Waals surface area contributed by atoms with Crippen LogP contribution >= 0.6 is 0 Å². The first-order chi connectivity index (χ1) is 12.5. The van der Waals surface area contributed by atoms with Crippen molar-refractivity contribution >= 4 is 11.6 Å². The van der Waals surface area contributed by atoms with Crippen molar-refractivity contribution < 1.29 is 19.4 Å². The molecule has 0 aliphatic heterocycles. The van der Waals surface area contributed by atoms with Gasteiger partial charge in [0.15, 0.2) is 17.7 Å². The Morgan fingerprint density at radius 1 is 1.12 bits per heavy atom. The summed E-state index contributed by atoms with van der Waals surface area (Å²) in [5.74, 6) is -0.0327. The van der Waals surface area contributed by atoms with Gasteiger partial charge in [-0.1, -0.05) is 49.4 Å². The average molecular weight is 348 g/mol. The number of Topliss-reactive ketones (excluding diaryl/α,β-unsaturated/α-hetero) is 1. The first kappa shape index (κ1) is 17.7. The molecular weight excluding hydrogens is 328 g/mol. The Morgan fingerprint density at radius 3 is 2.50 bits per heavy atom. The van der Waals surface area contributed by atoms with E-state index in [1.165, 1.54) is 18.2 Å². The number of aromatic hydroxyl groups is 1. The molecule has 132 valence electrons. The Balaban J connectivity index is 1.75. The van der Waals surface area contributed by atoms with Crippen LogP contribution < -0.4 is 4.74 Å². The Kier molecular flexibility index (Phi) is 5.32. The number of rotatable bonds is 5. The lowest BCUT2D eigenvalue weighted by Gasteiger charge is -2.14. The summed E-state index contributed by atoms with van der Waals surface area (Å²) >= 11 is 0. The van der Waals surface area contributed by atoms with Crippen molar-refractivity contribution in [2.24, 2.45) is 0 Å². The minimum Gasteiger partial charge on any atom is -0.508 e. The highest BCUT2D eigenvalue weighted by molar-refractivity contribution is 6.09. The second-order valence-corrected chi connectivity index (χ2v) is 6.24. The minimum atomic E-state index is -0.687. The molecule has 0 fully saturated rings. The van der Waals surface area contributed by atoms with E-state index in [9.17, 15) is 14.7 Å². The molecule has 0 bridgehead atoms. The van der Waals surface area contributed by atoms with Gasteiger partial charge in [-0.2, -0.15) is 0 Å². The lowest BCUT2D eigenvalue weighted by molar-refractivity contribution is -0.121. The van der Waals surface area contributed by atoms with E-state index in [4.69, 9.17) is 4.74 Å². The van der Waals surface area contributed by atoms with Gasteiger partial charge in [-0.3, -0.25) is 9.59 Å². The number of carbonyl (C=O) groups is 2. The van der Waals surface area contributed by atoms with Crippen molar-refractivity contribution in [3.8, 4) is 11.5 Å². The number of ketones is 2. The number of phenols is 1. The van der Waals surface area contributed by atoms with Crippen LogP contribution in [-0.4, -0.2) is 22.8 Å². The molecule has 0 heterocycles. The minimum absolute atomic E-state index is 0.0916. The molecule has 0 amide bonds. The first-order valence-electron chi connectivity index (χ1n) is 8.51. The van der Waals surface area contributed by atoms with Crippen molar-refractivity contribution in [3.05, 3.63) is 84.0 Å². The van der Waals surface area contributed by atoms with Gasteiger partial charge in [0, 0.05) is 17.9 Å². The molecule has 2 atom stereocenters. The van der Waals surface area contributed by atoms with Crippen LogP contribution in [0.2, 0.25) is 0 Å². The first-order valence-corrected chi connectivity index (χ1v) is 8.51. The molecule has 2 unspecified atom stereocenters. The van der Waals surface area contributed by atoms with Crippen molar-refractivity contribution in [1.29, 1.82) is 0 Å². The second kappa shape index (κ2) is 7.83. The highest BCUT2D eigenvalue weighted by Gasteiger charge is 2.24. The molecule has 0 saturated heterocycles. The van der Waals surface area contributed by atoms with Crippen LogP contribution in [-0.2, 0) is 9.59 Å². The molecule has 3 rings (SSSR count). The van der Waals surface area contributed by atoms with Gasteiger partial charge < -0.3 is 9.84 Å². The maximum Gasteiger partial charge on any atom is 0.197 e. The van der Waals surface area contributed by atoms with Gasteiger partial charge >= 0.3 is 0 Å². The summed E-state index contributed by atoms with van der Waals surface area (Å²) in [6, 6.07) is 15.7. The standard InChI is InChI=1S/C22H20O4/c1-15(16-6-3-2-4-7-16)22(25)17-8-5-9-21(20(24)14-17)26-19-12-10-18(23)11-13-19/h2-8,10-15,21,23H,9H2,1H3. The molecule has 1 aliphatic rings. The van der Waals surface area contributed by atoms with Gasteiger partial charge in [-0.15, -0.1) is 0 Å². The third kappa shape index (κ3) is 4.09. The van der Waals surface area contributed by atoms with Gasteiger partial charge in [0.2, 0.25) is 0 Å². The predicted molar refractivity (Wildman–Crippen MR) is 99.2 cm³/mol. The van der Waals surface area contributed by atoms with Gasteiger partial charge in [0.05, 0.1) is 0 Å². The smallest absolute Gasteiger partial charge is 0.197 e. The summed E-state index contributed by atoms with van der Waals surface area (Å²) in [7, 11) is 0. The Hall–Kier alpha value is -3.14. The van der Waals surface area contributed by atoms with Crippen LogP contribution in [0.3, 0.4) is 0 Å². The number of hydrogen-bond acceptors (Lipinski definition) is 4. The fourth-order valence-corrected chi connectivity index (χ4v) is 2.82. The third-order valence-corrected chi connectivity index (χ3v) is 4.36. The normalized spacial score (nSPS) is 18.0.